The number of nitro benzene ring substituents is 1. The normalized spacial score (nSPS) is 12.3. The molecule has 2 rings (SSSR count). The summed E-state index contributed by atoms with van der Waals surface area (Å²) in [7, 11) is 1.82. The standard InChI is InChI=1S/C12H13FN4O2S/c1-3-10(14-2)12-16-15-11(20-12)7-4-8(13)6-9(5-7)17(18)19/h4-6,10,14H,3H2,1-2H3. The third kappa shape index (κ3) is 2.97. The van der Waals surface area contributed by atoms with E-state index in [1.807, 2.05) is 14.0 Å². The molecule has 1 atom stereocenters. The molecule has 0 fully saturated rings. The van der Waals surface area contributed by atoms with Crippen molar-refractivity contribution in [3.63, 3.8) is 0 Å². The first-order valence-corrected chi connectivity index (χ1v) is 6.82. The number of nitrogens with one attached hydrogen (secondary N) is 1. The van der Waals surface area contributed by atoms with Crippen LogP contribution in [0.25, 0.3) is 10.6 Å². The summed E-state index contributed by atoms with van der Waals surface area (Å²) in [5.41, 5.74) is 0.0730. The first-order chi connectivity index (χ1) is 9.55. The summed E-state index contributed by atoms with van der Waals surface area (Å²) in [6.07, 6.45) is 0.842. The second kappa shape index (κ2) is 6.02. The van der Waals surface area contributed by atoms with Crippen molar-refractivity contribution in [2.45, 2.75) is 19.4 Å². The lowest BCUT2D eigenvalue weighted by Gasteiger charge is -2.07. The molecule has 1 aromatic carbocycles. The Morgan fingerprint density at radius 1 is 1.45 bits per heavy atom. The highest BCUT2D eigenvalue weighted by atomic mass is 32.1. The van der Waals surface area contributed by atoms with Gasteiger partial charge in [-0.15, -0.1) is 10.2 Å². The lowest BCUT2D eigenvalue weighted by atomic mass is 10.2. The van der Waals surface area contributed by atoms with E-state index in [-0.39, 0.29) is 11.7 Å². The average molecular weight is 296 g/mol. The smallest absolute Gasteiger partial charge is 0.273 e. The Balaban J connectivity index is 2.39. The number of nitrogens with zero attached hydrogens (tertiary/aromatic N) is 3. The highest BCUT2D eigenvalue weighted by Gasteiger charge is 2.17. The van der Waals surface area contributed by atoms with Crippen LogP contribution in [-0.4, -0.2) is 22.2 Å². The Bertz CT molecular complexity index is 628. The number of hydrogen-bond donors (Lipinski definition) is 1. The molecule has 1 heterocycles. The number of non-ortho nitro benzene ring substituents is 1. The van der Waals surface area contributed by atoms with Crippen LogP contribution in [0.1, 0.15) is 24.4 Å². The molecule has 0 spiro atoms. The first-order valence-electron chi connectivity index (χ1n) is 6.01. The van der Waals surface area contributed by atoms with Gasteiger partial charge >= 0.3 is 0 Å². The van der Waals surface area contributed by atoms with E-state index in [0.29, 0.717) is 10.6 Å². The van der Waals surface area contributed by atoms with E-state index in [2.05, 4.69) is 15.5 Å². The SMILES string of the molecule is CCC(NC)c1nnc(-c2cc(F)cc([N+](=O)[O-])c2)s1. The minimum Gasteiger partial charge on any atom is -0.311 e. The Hall–Kier alpha value is -1.93. The summed E-state index contributed by atoms with van der Waals surface area (Å²) in [4.78, 5) is 10.1. The largest absolute Gasteiger partial charge is 0.311 e. The van der Waals surface area contributed by atoms with Gasteiger partial charge in [0.05, 0.1) is 17.0 Å². The van der Waals surface area contributed by atoms with Crippen LogP contribution in [0.15, 0.2) is 18.2 Å². The molecule has 1 unspecified atom stereocenters. The van der Waals surface area contributed by atoms with Gasteiger partial charge in [0.25, 0.3) is 5.69 Å². The van der Waals surface area contributed by atoms with E-state index in [1.54, 1.807) is 0 Å². The van der Waals surface area contributed by atoms with Crippen LogP contribution in [0.4, 0.5) is 10.1 Å². The molecule has 1 aromatic heterocycles. The maximum atomic E-state index is 13.4. The molecule has 2 aromatic rings. The summed E-state index contributed by atoms with van der Waals surface area (Å²) in [5, 5.41) is 23.1. The quantitative estimate of drug-likeness (QED) is 0.677. The fraction of sp³-hybridized carbons (Fsp3) is 0.333. The molecule has 0 saturated carbocycles. The van der Waals surface area contributed by atoms with E-state index in [4.69, 9.17) is 0 Å². The van der Waals surface area contributed by atoms with Gasteiger partial charge in [-0.2, -0.15) is 0 Å². The van der Waals surface area contributed by atoms with Crippen molar-refractivity contribution in [1.82, 2.24) is 15.5 Å². The van der Waals surface area contributed by atoms with E-state index >= 15 is 0 Å². The van der Waals surface area contributed by atoms with Gasteiger partial charge in [-0.1, -0.05) is 18.3 Å². The van der Waals surface area contributed by atoms with Crippen molar-refractivity contribution >= 4 is 17.0 Å². The molecule has 0 radical (unpaired) electrons. The summed E-state index contributed by atoms with van der Waals surface area (Å²) < 4.78 is 13.4. The van der Waals surface area contributed by atoms with Crippen LogP contribution in [0.3, 0.4) is 0 Å². The summed E-state index contributed by atoms with van der Waals surface area (Å²) >= 11 is 1.30. The number of rotatable bonds is 5. The molecule has 0 aliphatic heterocycles. The van der Waals surface area contributed by atoms with E-state index in [1.165, 1.54) is 23.5 Å². The number of nitro groups is 1. The summed E-state index contributed by atoms with van der Waals surface area (Å²) in [6.45, 7) is 2.01. The Labute approximate surface area is 118 Å². The molecule has 0 saturated heterocycles. The third-order valence-corrected chi connectivity index (χ3v) is 3.92. The van der Waals surface area contributed by atoms with Gasteiger partial charge in [-0.3, -0.25) is 10.1 Å². The molecule has 106 valence electrons. The van der Waals surface area contributed by atoms with Crippen LogP contribution in [0, 0.1) is 15.9 Å². The highest BCUT2D eigenvalue weighted by Crippen LogP contribution is 2.30. The number of halogens is 1. The third-order valence-electron chi connectivity index (χ3n) is 2.84. The minimum absolute atomic E-state index is 0.0739. The molecule has 1 N–H and O–H groups in total. The Morgan fingerprint density at radius 3 is 2.80 bits per heavy atom. The summed E-state index contributed by atoms with van der Waals surface area (Å²) in [5.74, 6) is -0.661. The van der Waals surface area contributed by atoms with Gasteiger partial charge in [0.1, 0.15) is 15.8 Å². The predicted molar refractivity (Wildman–Crippen MR) is 74.0 cm³/mol. The monoisotopic (exact) mass is 296 g/mol. The Kier molecular flexibility index (Phi) is 4.35. The van der Waals surface area contributed by atoms with Crippen molar-refractivity contribution in [2.75, 3.05) is 7.05 Å². The van der Waals surface area contributed by atoms with Crippen LogP contribution >= 0.6 is 11.3 Å². The maximum Gasteiger partial charge on any atom is 0.273 e. The molecule has 0 aliphatic rings. The molecular formula is C12H13FN4O2S. The number of hydrogen-bond acceptors (Lipinski definition) is 6. The van der Waals surface area contributed by atoms with Gasteiger partial charge < -0.3 is 5.32 Å². The van der Waals surface area contributed by atoms with E-state index in [0.717, 1.165) is 17.5 Å². The van der Waals surface area contributed by atoms with Crippen molar-refractivity contribution in [2.24, 2.45) is 0 Å². The second-order valence-electron chi connectivity index (χ2n) is 4.15. The molecule has 8 heteroatoms. The van der Waals surface area contributed by atoms with E-state index < -0.39 is 10.7 Å². The molecule has 6 nitrogen and oxygen atoms in total. The van der Waals surface area contributed by atoms with Gasteiger partial charge in [0, 0.05) is 11.6 Å². The van der Waals surface area contributed by atoms with Crippen LogP contribution in [-0.2, 0) is 0 Å². The van der Waals surface area contributed by atoms with E-state index in [9.17, 15) is 14.5 Å². The lowest BCUT2D eigenvalue weighted by Crippen LogP contribution is -2.14. The van der Waals surface area contributed by atoms with Crippen molar-refractivity contribution in [3.05, 3.63) is 39.1 Å². The fourth-order valence-electron chi connectivity index (χ4n) is 1.80. The summed E-state index contributed by atoms with van der Waals surface area (Å²) in [6, 6.07) is 3.48. The average Bonchev–Trinajstić information content (AvgIpc) is 2.89. The Morgan fingerprint density at radius 2 is 2.20 bits per heavy atom. The zero-order chi connectivity index (χ0) is 14.7. The van der Waals surface area contributed by atoms with Crippen LogP contribution in [0.5, 0.6) is 0 Å². The van der Waals surface area contributed by atoms with Crippen LogP contribution in [0.2, 0.25) is 0 Å². The van der Waals surface area contributed by atoms with Gasteiger partial charge in [0.2, 0.25) is 0 Å². The van der Waals surface area contributed by atoms with Crippen molar-refractivity contribution in [3.8, 4) is 10.6 Å². The molecule has 20 heavy (non-hydrogen) atoms. The fourth-order valence-corrected chi connectivity index (χ4v) is 2.82. The topological polar surface area (TPSA) is 81.0 Å². The predicted octanol–water partition coefficient (Wildman–Crippen LogP) is 2.92. The molecule has 0 aliphatic carbocycles. The van der Waals surface area contributed by atoms with Crippen molar-refractivity contribution < 1.29 is 9.31 Å². The van der Waals surface area contributed by atoms with Gasteiger partial charge in [-0.05, 0) is 19.5 Å². The number of benzene rings is 1. The zero-order valence-corrected chi connectivity index (χ0v) is 11.8. The number of aromatic nitrogens is 2. The highest BCUT2D eigenvalue weighted by molar-refractivity contribution is 7.14. The lowest BCUT2D eigenvalue weighted by molar-refractivity contribution is -0.385. The van der Waals surface area contributed by atoms with Crippen molar-refractivity contribution in [1.29, 1.82) is 0 Å². The molecule has 0 amide bonds. The molecular weight excluding hydrogens is 283 g/mol. The first kappa shape index (κ1) is 14.5. The van der Waals surface area contributed by atoms with Gasteiger partial charge in [-0.25, -0.2) is 4.39 Å². The minimum atomic E-state index is -0.661. The van der Waals surface area contributed by atoms with Gasteiger partial charge in [0.15, 0.2) is 0 Å². The maximum absolute atomic E-state index is 13.4. The second-order valence-corrected chi connectivity index (χ2v) is 5.16. The zero-order valence-electron chi connectivity index (χ0n) is 11.0. The van der Waals surface area contributed by atoms with Crippen LogP contribution < -0.4 is 5.32 Å². The molecule has 0 bridgehead atoms.